The normalized spacial score (nSPS) is 10.8. The summed E-state index contributed by atoms with van der Waals surface area (Å²) in [7, 11) is -3.72. The van der Waals surface area contributed by atoms with Crippen LogP contribution in [0, 0.1) is 25.7 Å². The van der Waals surface area contributed by atoms with E-state index in [4.69, 9.17) is 5.73 Å². The molecular weight excluding hydrogens is 306 g/mol. The average molecular weight is 321 g/mol. The second-order valence-corrected chi connectivity index (χ2v) is 7.12. The molecule has 0 aliphatic rings. The van der Waals surface area contributed by atoms with Crippen LogP contribution in [-0.4, -0.2) is 19.9 Å². The summed E-state index contributed by atoms with van der Waals surface area (Å²) in [6, 6.07) is 6.55. The largest absolute Gasteiger partial charge is 0.320 e. The van der Waals surface area contributed by atoms with Gasteiger partial charge in [-0.1, -0.05) is 24.0 Å². The number of sulfonamides is 1. The van der Waals surface area contributed by atoms with E-state index in [1.807, 2.05) is 13.8 Å². The summed E-state index contributed by atoms with van der Waals surface area (Å²) in [5.41, 5.74) is 6.56. The Kier molecular flexibility index (Phi) is 4.63. The van der Waals surface area contributed by atoms with Crippen molar-refractivity contribution in [3.63, 3.8) is 0 Å². The fourth-order valence-corrected chi connectivity index (χ4v) is 3.85. The highest BCUT2D eigenvalue weighted by molar-refractivity contribution is 7.93. The molecule has 0 radical (unpaired) electrons. The minimum Gasteiger partial charge on any atom is -0.320 e. The molecule has 2 rings (SSSR count). The number of nitrogens with one attached hydrogen (secondary N) is 1. The zero-order valence-electron chi connectivity index (χ0n) is 11.7. The van der Waals surface area contributed by atoms with Crippen LogP contribution in [0.3, 0.4) is 0 Å². The molecule has 0 amide bonds. The van der Waals surface area contributed by atoms with E-state index < -0.39 is 10.0 Å². The molecule has 1 heterocycles. The van der Waals surface area contributed by atoms with Gasteiger partial charge in [0.15, 0.2) is 5.13 Å². The maximum Gasteiger partial charge on any atom is 0.264 e. The number of thiazole rings is 1. The summed E-state index contributed by atoms with van der Waals surface area (Å²) >= 11 is 1.30. The maximum atomic E-state index is 12.5. The summed E-state index contributed by atoms with van der Waals surface area (Å²) in [6.07, 6.45) is 0. The summed E-state index contributed by atoms with van der Waals surface area (Å²) in [5.74, 6) is 5.44. The Labute approximate surface area is 128 Å². The molecule has 0 atom stereocenters. The number of hydrogen-bond donors (Lipinski definition) is 2. The molecule has 110 valence electrons. The summed E-state index contributed by atoms with van der Waals surface area (Å²) in [6.45, 7) is 3.91. The van der Waals surface area contributed by atoms with E-state index in [9.17, 15) is 8.42 Å². The van der Waals surface area contributed by atoms with Crippen molar-refractivity contribution in [3.05, 3.63) is 40.4 Å². The Morgan fingerprint density at radius 3 is 2.67 bits per heavy atom. The van der Waals surface area contributed by atoms with Crippen molar-refractivity contribution >= 4 is 26.5 Å². The standard InChI is InChI=1S/C14H15N3O2S2/c1-10-11(2)20-14(16-10)17-21(18,19)13-8-4-3-6-12(13)7-5-9-15/h3-4,6,8H,9,15H2,1-2H3,(H,16,17). The van der Waals surface area contributed by atoms with Gasteiger partial charge < -0.3 is 5.73 Å². The third kappa shape index (κ3) is 3.61. The Bertz CT molecular complexity index is 795. The first-order chi connectivity index (χ1) is 9.94. The van der Waals surface area contributed by atoms with Gasteiger partial charge in [-0.15, -0.1) is 11.3 Å². The van der Waals surface area contributed by atoms with Crippen molar-refractivity contribution in [1.82, 2.24) is 4.98 Å². The van der Waals surface area contributed by atoms with Crippen LogP contribution in [-0.2, 0) is 10.0 Å². The van der Waals surface area contributed by atoms with E-state index in [-0.39, 0.29) is 11.4 Å². The van der Waals surface area contributed by atoms with Crippen LogP contribution in [0.5, 0.6) is 0 Å². The fourth-order valence-electron chi connectivity index (χ4n) is 1.64. The van der Waals surface area contributed by atoms with Crippen molar-refractivity contribution in [2.45, 2.75) is 18.7 Å². The first-order valence-electron chi connectivity index (χ1n) is 6.19. The van der Waals surface area contributed by atoms with Gasteiger partial charge in [-0.3, -0.25) is 4.72 Å². The lowest BCUT2D eigenvalue weighted by Crippen LogP contribution is -2.14. The molecule has 0 unspecified atom stereocenters. The number of hydrogen-bond acceptors (Lipinski definition) is 5. The number of nitrogens with two attached hydrogens (primary N) is 1. The van der Waals surface area contributed by atoms with Crippen molar-refractivity contribution in [3.8, 4) is 11.8 Å². The predicted octanol–water partition coefficient (Wildman–Crippen LogP) is 1.87. The molecule has 0 bridgehead atoms. The Morgan fingerprint density at radius 2 is 2.05 bits per heavy atom. The van der Waals surface area contributed by atoms with Gasteiger partial charge in [0.2, 0.25) is 0 Å². The minimum atomic E-state index is -3.72. The number of nitrogens with zero attached hydrogens (tertiary/aromatic N) is 1. The second kappa shape index (κ2) is 6.26. The molecule has 0 spiro atoms. The minimum absolute atomic E-state index is 0.122. The topological polar surface area (TPSA) is 85.1 Å². The number of benzene rings is 1. The summed E-state index contributed by atoms with van der Waals surface area (Å²) < 4.78 is 27.4. The first kappa shape index (κ1) is 15.5. The lowest BCUT2D eigenvalue weighted by atomic mass is 10.2. The van der Waals surface area contributed by atoms with E-state index in [1.54, 1.807) is 18.2 Å². The molecule has 0 saturated carbocycles. The Balaban J connectivity index is 2.40. The third-order valence-electron chi connectivity index (χ3n) is 2.75. The first-order valence-corrected chi connectivity index (χ1v) is 8.49. The van der Waals surface area contributed by atoms with Gasteiger partial charge in [-0.2, -0.15) is 0 Å². The number of aromatic nitrogens is 1. The van der Waals surface area contributed by atoms with Crippen molar-refractivity contribution in [2.75, 3.05) is 11.3 Å². The average Bonchev–Trinajstić information content (AvgIpc) is 2.74. The van der Waals surface area contributed by atoms with E-state index in [1.165, 1.54) is 17.4 Å². The van der Waals surface area contributed by atoms with Crippen molar-refractivity contribution in [1.29, 1.82) is 0 Å². The molecule has 5 nitrogen and oxygen atoms in total. The van der Waals surface area contributed by atoms with E-state index in [0.717, 1.165) is 10.6 Å². The van der Waals surface area contributed by atoms with Crippen LogP contribution >= 0.6 is 11.3 Å². The van der Waals surface area contributed by atoms with E-state index >= 15 is 0 Å². The lowest BCUT2D eigenvalue weighted by molar-refractivity contribution is 0.601. The van der Waals surface area contributed by atoms with Crippen LogP contribution in [0.15, 0.2) is 29.2 Å². The number of rotatable bonds is 3. The quantitative estimate of drug-likeness (QED) is 0.845. The van der Waals surface area contributed by atoms with E-state index in [0.29, 0.717) is 10.7 Å². The Morgan fingerprint density at radius 1 is 1.33 bits per heavy atom. The molecule has 3 N–H and O–H groups in total. The smallest absolute Gasteiger partial charge is 0.264 e. The molecule has 0 saturated heterocycles. The molecule has 21 heavy (non-hydrogen) atoms. The summed E-state index contributed by atoms with van der Waals surface area (Å²) in [5, 5.41) is 0.353. The van der Waals surface area contributed by atoms with Gasteiger partial charge in [-0.05, 0) is 26.0 Å². The SMILES string of the molecule is Cc1nc(NS(=O)(=O)c2ccccc2C#CCN)sc1C. The van der Waals surface area contributed by atoms with Crippen molar-refractivity contribution < 1.29 is 8.42 Å². The van der Waals surface area contributed by atoms with E-state index in [2.05, 4.69) is 21.5 Å². The monoisotopic (exact) mass is 321 g/mol. The zero-order chi connectivity index (χ0) is 15.5. The van der Waals surface area contributed by atoms with Gasteiger partial charge in [0.1, 0.15) is 4.90 Å². The van der Waals surface area contributed by atoms with Crippen LogP contribution < -0.4 is 10.5 Å². The molecule has 2 aromatic rings. The lowest BCUT2D eigenvalue weighted by Gasteiger charge is -2.07. The van der Waals surface area contributed by atoms with Gasteiger partial charge in [0.25, 0.3) is 10.0 Å². The van der Waals surface area contributed by atoms with Gasteiger partial charge in [0, 0.05) is 10.4 Å². The summed E-state index contributed by atoms with van der Waals surface area (Å²) in [4.78, 5) is 5.28. The van der Waals surface area contributed by atoms with Crippen LogP contribution in [0.25, 0.3) is 0 Å². The number of aryl methyl sites for hydroxylation is 2. The molecular formula is C14H15N3O2S2. The van der Waals surface area contributed by atoms with Crippen LogP contribution in [0.1, 0.15) is 16.1 Å². The van der Waals surface area contributed by atoms with Gasteiger partial charge in [0.05, 0.1) is 12.2 Å². The molecule has 0 fully saturated rings. The molecule has 0 aliphatic carbocycles. The molecule has 1 aromatic carbocycles. The highest BCUT2D eigenvalue weighted by Gasteiger charge is 2.19. The van der Waals surface area contributed by atoms with Gasteiger partial charge >= 0.3 is 0 Å². The third-order valence-corrected chi connectivity index (χ3v) is 5.27. The number of anilines is 1. The zero-order valence-corrected chi connectivity index (χ0v) is 13.3. The second-order valence-electron chi connectivity index (χ2n) is 4.27. The fraction of sp³-hybridized carbons (Fsp3) is 0.214. The van der Waals surface area contributed by atoms with Crippen LogP contribution in [0.4, 0.5) is 5.13 Å². The highest BCUT2D eigenvalue weighted by atomic mass is 32.2. The van der Waals surface area contributed by atoms with Crippen LogP contribution in [0.2, 0.25) is 0 Å². The predicted molar refractivity (Wildman–Crippen MR) is 84.8 cm³/mol. The molecule has 0 aliphatic heterocycles. The Hall–Kier alpha value is -1.88. The maximum absolute atomic E-state index is 12.5. The van der Waals surface area contributed by atoms with Gasteiger partial charge in [-0.25, -0.2) is 13.4 Å². The molecule has 7 heteroatoms. The highest BCUT2D eigenvalue weighted by Crippen LogP contribution is 2.25. The molecule has 1 aromatic heterocycles. The van der Waals surface area contributed by atoms with Crippen molar-refractivity contribution in [2.24, 2.45) is 5.73 Å².